The summed E-state index contributed by atoms with van der Waals surface area (Å²) in [4.78, 5) is 0. The Morgan fingerprint density at radius 1 is 0.926 bits per heavy atom. The number of hydrogen-bond acceptors (Lipinski definition) is 3. The van der Waals surface area contributed by atoms with Crippen LogP contribution >= 0.6 is 0 Å². The summed E-state index contributed by atoms with van der Waals surface area (Å²) in [6, 6.07) is 17.8. The molecule has 1 saturated heterocycles. The van der Waals surface area contributed by atoms with Gasteiger partial charge in [-0.1, -0.05) is 54.6 Å². The smallest absolute Gasteiger partial charge is 0.282 e. The van der Waals surface area contributed by atoms with E-state index in [0.29, 0.717) is 32.1 Å². The van der Waals surface area contributed by atoms with E-state index in [9.17, 15) is 8.42 Å². The zero-order chi connectivity index (χ0) is 18.7. The van der Waals surface area contributed by atoms with Gasteiger partial charge in [-0.3, -0.25) is 0 Å². The van der Waals surface area contributed by atoms with Gasteiger partial charge in [0.05, 0.1) is 0 Å². The van der Waals surface area contributed by atoms with Crippen LogP contribution in [0, 0.1) is 5.92 Å². The van der Waals surface area contributed by atoms with Gasteiger partial charge in [0.1, 0.15) is 0 Å². The fourth-order valence-electron chi connectivity index (χ4n) is 3.87. The third-order valence-electron chi connectivity index (χ3n) is 5.47. The Hall–Kier alpha value is -1.73. The van der Waals surface area contributed by atoms with Gasteiger partial charge in [-0.05, 0) is 35.4 Å². The Morgan fingerprint density at radius 3 is 2.15 bits per heavy atom. The summed E-state index contributed by atoms with van der Waals surface area (Å²) < 4.78 is 35.7. The SMILES string of the molecule is O=S(=O)(N1Cc2ccccc2C1)N(Cc1ccccc1)CC1CCOCC1. The van der Waals surface area contributed by atoms with Crippen LogP contribution in [0.3, 0.4) is 0 Å². The van der Waals surface area contributed by atoms with Crippen LogP contribution in [0.25, 0.3) is 0 Å². The molecule has 2 aromatic carbocycles. The van der Waals surface area contributed by atoms with Crippen molar-refractivity contribution in [2.75, 3.05) is 19.8 Å². The number of nitrogens with zero attached hydrogens (tertiary/aromatic N) is 2. The molecule has 2 aliphatic heterocycles. The molecule has 4 rings (SSSR count). The second-order valence-corrected chi connectivity index (χ2v) is 9.31. The maximum absolute atomic E-state index is 13.5. The quantitative estimate of drug-likeness (QED) is 0.766. The average Bonchev–Trinajstić information content (AvgIpc) is 3.14. The topological polar surface area (TPSA) is 49.9 Å². The molecule has 5 nitrogen and oxygen atoms in total. The molecule has 0 amide bonds. The molecular weight excluding hydrogens is 360 g/mol. The second-order valence-electron chi connectivity index (χ2n) is 7.38. The number of hydrogen-bond donors (Lipinski definition) is 0. The molecule has 0 aliphatic carbocycles. The van der Waals surface area contributed by atoms with Gasteiger partial charge in [-0.2, -0.15) is 17.0 Å². The molecule has 0 aromatic heterocycles. The van der Waals surface area contributed by atoms with Gasteiger partial charge in [0.15, 0.2) is 0 Å². The highest BCUT2D eigenvalue weighted by Gasteiger charge is 2.35. The molecule has 0 radical (unpaired) electrons. The highest BCUT2D eigenvalue weighted by atomic mass is 32.2. The monoisotopic (exact) mass is 386 g/mol. The van der Waals surface area contributed by atoms with E-state index in [1.54, 1.807) is 8.61 Å². The summed E-state index contributed by atoms with van der Waals surface area (Å²) in [6.45, 7) is 3.31. The maximum atomic E-state index is 13.5. The first-order chi connectivity index (χ1) is 13.1. The van der Waals surface area contributed by atoms with Gasteiger partial charge in [0.25, 0.3) is 10.2 Å². The number of fused-ring (bicyclic) bond motifs is 1. The molecule has 2 aliphatic rings. The Labute approximate surface area is 161 Å². The Kier molecular flexibility index (Phi) is 5.59. The van der Waals surface area contributed by atoms with E-state index in [-0.39, 0.29) is 0 Å². The van der Waals surface area contributed by atoms with Gasteiger partial charge < -0.3 is 4.74 Å². The lowest BCUT2D eigenvalue weighted by Crippen LogP contribution is -2.44. The molecule has 0 unspecified atom stereocenters. The maximum Gasteiger partial charge on any atom is 0.282 e. The molecular formula is C21H26N2O3S. The normalized spacial score (nSPS) is 18.7. The fraction of sp³-hybridized carbons (Fsp3) is 0.429. The first-order valence-electron chi connectivity index (χ1n) is 9.56. The van der Waals surface area contributed by atoms with Crippen LogP contribution in [0.15, 0.2) is 54.6 Å². The van der Waals surface area contributed by atoms with Gasteiger partial charge >= 0.3 is 0 Å². The summed E-state index contributed by atoms with van der Waals surface area (Å²) in [5, 5.41) is 0. The first kappa shape index (κ1) is 18.6. The molecule has 1 fully saturated rings. The minimum Gasteiger partial charge on any atom is -0.381 e. The number of benzene rings is 2. The summed E-state index contributed by atoms with van der Waals surface area (Å²) in [5.41, 5.74) is 3.23. The van der Waals surface area contributed by atoms with Crippen LogP contribution in [0.5, 0.6) is 0 Å². The van der Waals surface area contributed by atoms with Gasteiger partial charge in [0.2, 0.25) is 0 Å². The highest BCUT2D eigenvalue weighted by Crippen LogP contribution is 2.28. The molecule has 0 spiro atoms. The summed E-state index contributed by atoms with van der Waals surface area (Å²) in [7, 11) is -3.54. The standard InChI is InChI=1S/C21H26N2O3S/c24-27(25,23-16-20-8-4-5-9-21(20)17-23)22(14-18-6-2-1-3-7-18)15-19-10-12-26-13-11-19/h1-9,19H,10-17H2. The van der Waals surface area contributed by atoms with E-state index in [1.807, 2.05) is 54.6 Å². The minimum atomic E-state index is -3.54. The van der Waals surface area contributed by atoms with Crippen molar-refractivity contribution in [2.45, 2.75) is 32.5 Å². The zero-order valence-electron chi connectivity index (χ0n) is 15.5. The first-order valence-corrected chi connectivity index (χ1v) is 11.0. The van der Waals surface area contributed by atoms with E-state index >= 15 is 0 Å². The van der Waals surface area contributed by atoms with Crippen molar-refractivity contribution in [3.05, 3.63) is 71.3 Å². The molecule has 0 bridgehead atoms. The molecule has 2 heterocycles. The largest absolute Gasteiger partial charge is 0.381 e. The van der Waals surface area contributed by atoms with Crippen molar-refractivity contribution in [1.82, 2.24) is 8.61 Å². The summed E-state index contributed by atoms with van der Waals surface area (Å²) >= 11 is 0. The minimum absolute atomic E-state index is 0.349. The summed E-state index contributed by atoms with van der Waals surface area (Å²) in [5.74, 6) is 0.349. The lowest BCUT2D eigenvalue weighted by Gasteiger charge is -2.32. The van der Waals surface area contributed by atoms with Crippen molar-refractivity contribution in [3.63, 3.8) is 0 Å². The van der Waals surface area contributed by atoms with Gasteiger partial charge in [-0.25, -0.2) is 0 Å². The molecule has 0 saturated carbocycles. The fourth-order valence-corrected chi connectivity index (χ4v) is 5.52. The number of ether oxygens (including phenoxy) is 1. The molecule has 2 aromatic rings. The predicted octanol–water partition coefficient (Wildman–Crippen LogP) is 3.18. The zero-order valence-corrected chi connectivity index (χ0v) is 16.3. The third-order valence-corrected chi connectivity index (χ3v) is 7.31. The van der Waals surface area contributed by atoms with Crippen LogP contribution in [-0.2, 0) is 34.6 Å². The van der Waals surface area contributed by atoms with E-state index in [2.05, 4.69) is 0 Å². The van der Waals surface area contributed by atoms with Crippen molar-refractivity contribution in [3.8, 4) is 0 Å². The second kappa shape index (κ2) is 8.10. The lowest BCUT2D eigenvalue weighted by atomic mass is 10.0. The van der Waals surface area contributed by atoms with Crippen LogP contribution in [0.2, 0.25) is 0 Å². The molecule has 27 heavy (non-hydrogen) atoms. The van der Waals surface area contributed by atoms with E-state index in [0.717, 1.165) is 42.7 Å². The van der Waals surface area contributed by atoms with E-state index in [1.165, 1.54) is 0 Å². The Bertz CT molecular complexity index is 839. The Morgan fingerprint density at radius 2 is 1.52 bits per heavy atom. The van der Waals surface area contributed by atoms with Crippen molar-refractivity contribution >= 4 is 10.2 Å². The van der Waals surface area contributed by atoms with E-state index < -0.39 is 10.2 Å². The van der Waals surface area contributed by atoms with Crippen molar-refractivity contribution in [1.29, 1.82) is 0 Å². The van der Waals surface area contributed by atoms with Crippen LogP contribution in [-0.4, -0.2) is 36.8 Å². The lowest BCUT2D eigenvalue weighted by molar-refractivity contribution is 0.0595. The highest BCUT2D eigenvalue weighted by molar-refractivity contribution is 7.86. The van der Waals surface area contributed by atoms with Gasteiger partial charge in [-0.15, -0.1) is 0 Å². The Balaban J connectivity index is 1.56. The van der Waals surface area contributed by atoms with Crippen LogP contribution in [0.1, 0.15) is 29.5 Å². The molecule has 6 heteroatoms. The predicted molar refractivity (Wildman–Crippen MR) is 105 cm³/mol. The number of rotatable bonds is 6. The average molecular weight is 387 g/mol. The van der Waals surface area contributed by atoms with Crippen LogP contribution < -0.4 is 0 Å². The van der Waals surface area contributed by atoms with Gasteiger partial charge in [0, 0.05) is 39.4 Å². The van der Waals surface area contributed by atoms with Crippen molar-refractivity contribution < 1.29 is 13.2 Å². The van der Waals surface area contributed by atoms with Crippen molar-refractivity contribution in [2.24, 2.45) is 5.92 Å². The van der Waals surface area contributed by atoms with E-state index in [4.69, 9.17) is 4.74 Å². The van der Waals surface area contributed by atoms with Crippen LogP contribution in [0.4, 0.5) is 0 Å². The summed E-state index contributed by atoms with van der Waals surface area (Å²) in [6.07, 6.45) is 1.84. The molecule has 0 atom stereocenters. The molecule has 0 N–H and O–H groups in total. The molecule has 144 valence electrons. The third kappa shape index (κ3) is 4.24.